The van der Waals surface area contributed by atoms with Crippen LogP contribution in [0.4, 0.5) is 0 Å². The molecule has 21 heavy (non-hydrogen) atoms. The molecule has 2 aromatic rings. The first kappa shape index (κ1) is 14.3. The number of nitrogens with one attached hydrogen (secondary N) is 1. The first-order valence-electron chi connectivity index (χ1n) is 7.84. The average Bonchev–Trinajstić information content (AvgIpc) is 2.51. The van der Waals surface area contributed by atoms with Crippen molar-refractivity contribution in [2.45, 2.75) is 51.1 Å². The van der Waals surface area contributed by atoms with Gasteiger partial charge in [-0.15, -0.1) is 0 Å². The maximum absolute atomic E-state index is 4.47. The summed E-state index contributed by atoms with van der Waals surface area (Å²) in [5.74, 6) is 0. The summed E-state index contributed by atoms with van der Waals surface area (Å²) in [5, 5.41) is 3.77. The normalized spacial score (nSPS) is 21.6. The second-order valence-corrected chi connectivity index (χ2v) is 6.71. The van der Waals surface area contributed by atoms with Crippen molar-refractivity contribution in [1.29, 1.82) is 0 Å². The smallest absolute Gasteiger partial charge is 0.0570 e. The fraction of sp³-hybridized carbons (Fsp3) is 0.421. The van der Waals surface area contributed by atoms with E-state index in [2.05, 4.69) is 67.5 Å². The second-order valence-electron chi connectivity index (χ2n) is 6.71. The Morgan fingerprint density at radius 1 is 1.14 bits per heavy atom. The molecule has 0 radical (unpaired) electrons. The predicted molar refractivity (Wildman–Crippen MR) is 87.2 cm³/mol. The fourth-order valence-electron chi connectivity index (χ4n) is 3.40. The first-order valence-corrected chi connectivity index (χ1v) is 7.84. The number of pyridine rings is 1. The summed E-state index contributed by atoms with van der Waals surface area (Å²) < 4.78 is 0. The molecule has 1 aromatic carbocycles. The molecule has 1 aliphatic carbocycles. The number of nitrogens with zero attached hydrogens (tertiary/aromatic N) is 1. The Bertz CT molecular complexity index is 604. The SMILES string of the molecule is CC(NC1CCC(C)(C)c2ccccc21)c1ccccn1. The third-order valence-corrected chi connectivity index (χ3v) is 4.71. The second kappa shape index (κ2) is 5.61. The number of rotatable bonds is 3. The van der Waals surface area contributed by atoms with E-state index in [-0.39, 0.29) is 11.5 Å². The predicted octanol–water partition coefficient (Wildman–Crippen LogP) is 4.54. The summed E-state index contributed by atoms with van der Waals surface area (Å²) in [6.07, 6.45) is 4.27. The van der Waals surface area contributed by atoms with Crippen molar-refractivity contribution in [2.24, 2.45) is 0 Å². The van der Waals surface area contributed by atoms with E-state index in [1.165, 1.54) is 24.0 Å². The largest absolute Gasteiger partial charge is 0.302 e. The van der Waals surface area contributed by atoms with Crippen molar-refractivity contribution >= 4 is 0 Å². The van der Waals surface area contributed by atoms with E-state index in [1.807, 2.05) is 12.3 Å². The lowest BCUT2D eigenvalue weighted by molar-refractivity contribution is 0.338. The Kier molecular flexibility index (Phi) is 3.81. The molecule has 0 bridgehead atoms. The molecule has 110 valence electrons. The molecule has 2 unspecified atom stereocenters. The number of hydrogen-bond acceptors (Lipinski definition) is 2. The minimum absolute atomic E-state index is 0.269. The Balaban J connectivity index is 1.84. The van der Waals surface area contributed by atoms with E-state index in [0.717, 1.165) is 5.69 Å². The molecule has 1 aromatic heterocycles. The van der Waals surface area contributed by atoms with Crippen LogP contribution in [0.1, 0.15) is 62.5 Å². The number of hydrogen-bond donors (Lipinski definition) is 1. The zero-order valence-corrected chi connectivity index (χ0v) is 13.1. The maximum atomic E-state index is 4.47. The maximum Gasteiger partial charge on any atom is 0.0570 e. The third-order valence-electron chi connectivity index (χ3n) is 4.71. The van der Waals surface area contributed by atoms with Crippen molar-refractivity contribution in [3.05, 3.63) is 65.5 Å². The minimum atomic E-state index is 0.269. The molecule has 0 amide bonds. The lowest BCUT2D eigenvalue weighted by Gasteiger charge is -2.38. The molecule has 0 spiro atoms. The Morgan fingerprint density at radius 2 is 1.90 bits per heavy atom. The van der Waals surface area contributed by atoms with E-state index < -0.39 is 0 Å². The van der Waals surface area contributed by atoms with Gasteiger partial charge in [-0.05, 0) is 48.4 Å². The van der Waals surface area contributed by atoms with E-state index >= 15 is 0 Å². The van der Waals surface area contributed by atoms with Gasteiger partial charge in [-0.2, -0.15) is 0 Å². The molecule has 2 heteroatoms. The van der Waals surface area contributed by atoms with Crippen molar-refractivity contribution in [3.63, 3.8) is 0 Å². The van der Waals surface area contributed by atoms with E-state index in [4.69, 9.17) is 0 Å². The molecule has 1 heterocycles. The van der Waals surface area contributed by atoms with Crippen LogP contribution in [0.15, 0.2) is 48.7 Å². The van der Waals surface area contributed by atoms with Gasteiger partial charge in [-0.1, -0.05) is 44.2 Å². The van der Waals surface area contributed by atoms with Crippen LogP contribution in [0.3, 0.4) is 0 Å². The van der Waals surface area contributed by atoms with Crippen LogP contribution in [-0.4, -0.2) is 4.98 Å². The molecule has 1 N–H and O–H groups in total. The minimum Gasteiger partial charge on any atom is -0.302 e. The average molecular weight is 280 g/mol. The number of aromatic nitrogens is 1. The van der Waals surface area contributed by atoms with Gasteiger partial charge in [-0.25, -0.2) is 0 Å². The molecule has 3 rings (SSSR count). The van der Waals surface area contributed by atoms with Gasteiger partial charge in [0.2, 0.25) is 0 Å². The highest BCUT2D eigenvalue weighted by molar-refractivity contribution is 5.38. The summed E-state index contributed by atoms with van der Waals surface area (Å²) in [6, 6.07) is 15.7. The topological polar surface area (TPSA) is 24.9 Å². The van der Waals surface area contributed by atoms with Gasteiger partial charge in [-0.3, -0.25) is 4.98 Å². The fourth-order valence-corrected chi connectivity index (χ4v) is 3.40. The molecular weight excluding hydrogens is 256 g/mol. The van der Waals surface area contributed by atoms with E-state index in [1.54, 1.807) is 0 Å². The van der Waals surface area contributed by atoms with Crippen LogP contribution in [0.5, 0.6) is 0 Å². The molecule has 0 aliphatic heterocycles. The summed E-state index contributed by atoms with van der Waals surface area (Å²) in [4.78, 5) is 4.47. The van der Waals surface area contributed by atoms with Crippen molar-refractivity contribution in [3.8, 4) is 0 Å². The highest BCUT2D eigenvalue weighted by atomic mass is 15.0. The molecule has 2 atom stereocenters. The van der Waals surface area contributed by atoms with Gasteiger partial charge >= 0.3 is 0 Å². The molecule has 0 saturated heterocycles. The summed E-state index contributed by atoms with van der Waals surface area (Å²) in [6.45, 7) is 6.90. The van der Waals surface area contributed by atoms with E-state index in [0.29, 0.717) is 6.04 Å². The Hall–Kier alpha value is -1.67. The summed E-state index contributed by atoms with van der Waals surface area (Å²) in [5.41, 5.74) is 4.33. The van der Waals surface area contributed by atoms with Crippen LogP contribution >= 0.6 is 0 Å². The van der Waals surface area contributed by atoms with Crippen molar-refractivity contribution in [2.75, 3.05) is 0 Å². The monoisotopic (exact) mass is 280 g/mol. The van der Waals surface area contributed by atoms with Gasteiger partial charge in [0, 0.05) is 18.3 Å². The molecule has 2 nitrogen and oxygen atoms in total. The highest BCUT2D eigenvalue weighted by Gasteiger charge is 2.32. The standard InChI is InChI=1S/C19H24N2/c1-14(17-10-6-7-13-20-17)21-18-11-12-19(2,3)16-9-5-4-8-15(16)18/h4-10,13-14,18,21H,11-12H2,1-3H3. The Morgan fingerprint density at radius 3 is 2.67 bits per heavy atom. The lowest BCUT2D eigenvalue weighted by atomic mass is 9.71. The van der Waals surface area contributed by atoms with Crippen LogP contribution in [0.25, 0.3) is 0 Å². The zero-order chi connectivity index (χ0) is 14.9. The van der Waals surface area contributed by atoms with Crippen LogP contribution < -0.4 is 5.32 Å². The number of fused-ring (bicyclic) bond motifs is 1. The Labute approximate surface area is 127 Å². The molecular formula is C19H24N2. The van der Waals surface area contributed by atoms with Gasteiger partial charge in [0.05, 0.1) is 5.69 Å². The zero-order valence-electron chi connectivity index (χ0n) is 13.1. The van der Waals surface area contributed by atoms with Gasteiger partial charge in [0.1, 0.15) is 0 Å². The van der Waals surface area contributed by atoms with Crippen LogP contribution in [-0.2, 0) is 5.41 Å². The quantitative estimate of drug-likeness (QED) is 0.892. The van der Waals surface area contributed by atoms with Crippen LogP contribution in [0, 0.1) is 0 Å². The molecule has 1 aliphatic rings. The van der Waals surface area contributed by atoms with Gasteiger partial charge < -0.3 is 5.32 Å². The van der Waals surface area contributed by atoms with Gasteiger partial charge in [0.25, 0.3) is 0 Å². The third kappa shape index (κ3) is 2.86. The van der Waals surface area contributed by atoms with Crippen molar-refractivity contribution in [1.82, 2.24) is 10.3 Å². The first-order chi connectivity index (χ1) is 10.1. The van der Waals surface area contributed by atoms with Crippen LogP contribution in [0.2, 0.25) is 0 Å². The van der Waals surface area contributed by atoms with Gasteiger partial charge in [0.15, 0.2) is 0 Å². The van der Waals surface area contributed by atoms with E-state index in [9.17, 15) is 0 Å². The summed E-state index contributed by atoms with van der Waals surface area (Å²) >= 11 is 0. The van der Waals surface area contributed by atoms with Crippen molar-refractivity contribution < 1.29 is 0 Å². The highest BCUT2D eigenvalue weighted by Crippen LogP contribution is 2.41. The lowest BCUT2D eigenvalue weighted by Crippen LogP contribution is -2.34. The number of benzene rings is 1. The summed E-state index contributed by atoms with van der Waals surface area (Å²) in [7, 11) is 0. The molecule has 0 saturated carbocycles. The molecule has 0 fully saturated rings.